The summed E-state index contributed by atoms with van der Waals surface area (Å²) < 4.78 is 19.7. The van der Waals surface area contributed by atoms with E-state index in [0.29, 0.717) is 37.6 Å². The van der Waals surface area contributed by atoms with E-state index >= 15 is 0 Å². The fourth-order valence-corrected chi connectivity index (χ4v) is 4.91. The maximum atomic E-state index is 12.3. The Kier molecular flexibility index (Phi) is 14.2. The number of esters is 1. The van der Waals surface area contributed by atoms with Crippen LogP contribution in [0.25, 0.3) is 0 Å². The van der Waals surface area contributed by atoms with Crippen molar-refractivity contribution in [2.24, 2.45) is 11.8 Å². The van der Waals surface area contributed by atoms with Gasteiger partial charge in [0.25, 0.3) is 0 Å². The Morgan fingerprint density at radius 2 is 1.69 bits per heavy atom. The summed E-state index contributed by atoms with van der Waals surface area (Å²) in [6, 6.07) is 9.84. The van der Waals surface area contributed by atoms with Crippen LogP contribution in [0.5, 0.6) is 0 Å². The largest absolute Gasteiger partial charge is 0.466 e. The van der Waals surface area contributed by atoms with E-state index in [4.69, 9.17) is 28.2 Å². The minimum Gasteiger partial charge on any atom is -0.462 e. The normalized spacial score (nSPS) is 20.5. The van der Waals surface area contributed by atoms with E-state index in [1.54, 1.807) is 0 Å². The number of phosphoric acid groups is 1. The smallest absolute Gasteiger partial charge is 0.462 e. The van der Waals surface area contributed by atoms with Gasteiger partial charge in [-0.3, -0.25) is 9.59 Å². The van der Waals surface area contributed by atoms with Gasteiger partial charge in [-0.1, -0.05) is 37.5 Å². The van der Waals surface area contributed by atoms with Gasteiger partial charge in [-0.25, -0.2) is 4.57 Å². The third-order valence-electron chi connectivity index (χ3n) is 6.24. The van der Waals surface area contributed by atoms with Crippen LogP contribution in [-0.4, -0.2) is 50.4 Å². The van der Waals surface area contributed by atoms with E-state index in [1.165, 1.54) is 12.0 Å². The number of hydrogen-bond acceptors (Lipinski definition) is 7. The van der Waals surface area contributed by atoms with E-state index in [-0.39, 0.29) is 18.0 Å². The topological polar surface area (TPSA) is 151 Å². The van der Waals surface area contributed by atoms with Gasteiger partial charge in [0.05, 0.1) is 12.7 Å². The number of Topliss-reactive ketones (excluding diaryl/α,β-unsaturated/α-hetero) is 1. The number of aliphatic hydroxyl groups is 1. The second-order valence-corrected chi connectivity index (χ2v) is 11.3. The molecule has 1 aromatic carbocycles. The van der Waals surface area contributed by atoms with Crippen LogP contribution in [0.4, 0.5) is 0 Å². The summed E-state index contributed by atoms with van der Waals surface area (Å²) in [5.74, 6) is 0.866. The molecule has 0 saturated heterocycles. The first-order valence-corrected chi connectivity index (χ1v) is 15.0. The lowest BCUT2D eigenvalue weighted by atomic mass is 9.86. The van der Waals surface area contributed by atoms with Gasteiger partial charge in [0, 0.05) is 35.7 Å². The number of ether oxygens (including phenoxy) is 1. The Morgan fingerprint density at radius 1 is 1.03 bits per heavy atom. The number of carbonyl (C=O) groups excluding carboxylic acids is 2. The molecule has 2 aliphatic rings. The zero-order valence-corrected chi connectivity index (χ0v) is 22.3. The van der Waals surface area contributed by atoms with Gasteiger partial charge in [0.1, 0.15) is 11.9 Å². The molecule has 3 atom stereocenters. The van der Waals surface area contributed by atoms with E-state index in [2.05, 4.69) is 0 Å². The molecule has 2 aliphatic carbocycles. The third kappa shape index (κ3) is 15.1. The second-order valence-electron chi connectivity index (χ2n) is 9.44. The highest BCUT2D eigenvalue weighted by Gasteiger charge is 2.34. The number of unbranched alkanes of at least 4 members (excludes halogenated alkanes) is 3. The molecule has 0 heterocycles. The molecule has 0 bridgehead atoms. The average Bonchev–Trinajstić information content (AvgIpc) is 3.55. The van der Waals surface area contributed by atoms with Crippen LogP contribution in [0.3, 0.4) is 0 Å². The summed E-state index contributed by atoms with van der Waals surface area (Å²) in [5, 5.41) is 10.3. The number of carbonyl (C=O) groups is 2. The van der Waals surface area contributed by atoms with E-state index < -0.39 is 13.9 Å². The lowest BCUT2D eigenvalue weighted by Gasteiger charge is -2.20. The quantitative estimate of drug-likeness (QED) is 0.107. The van der Waals surface area contributed by atoms with Gasteiger partial charge in [-0.15, -0.1) is 0 Å². The summed E-state index contributed by atoms with van der Waals surface area (Å²) >= 11 is 1.29. The highest BCUT2D eigenvalue weighted by Crippen LogP contribution is 2.36. The fraction of sp³-hybridized carbons (Fsp3) is 0.680. The summed E-state index contributed by atoms with van der Waals surface area (Å²) in [6.07, 6.45) is 10.4. The molecule has 0 aromatic heterocycles. The molecule has 2 saturated carbocycles. The molecule has 9 nitrogen and oxygen atoms in total. The zero-order valence-electron chi connectivity index (χ0n) is 20.6. The van der Waals surface area contributed by atoms with Crippen LogP contribution < -0.4 is 0 Å². The number of aliphatic hydroxyl groups excluding tert-OH is 1. The number of rotatable bonds is 15. The van der Waals surface area contributed by atoms with Crippen LogP contribution in [0.2, 0.25) is 0 Å². The highest BCUT2D eigenvalue weighted by atomic mass is 32.2. The average molecular weight is 547 g/mol. The molecule has 0 amide bonds. The Hall–Kier alpha value is -1.26. The maximum absolute atomic E-state index is 12.3. The highest BCUT2D eigenvalue weighted by molar-refractivity contribution is 7.94. The minimum absolute atomic E-state index is 0.0572. The van der Waals surface area contributed by atoms with Crippen molar-refractivity contribution < 1.29 is 42.9 Å². The van der Waals surface area contributed by atoms with Crippen LogP contribution in [0.15, 0.2) is 35.2 Å². The first kappa shape index (κ1) is 31.0. The molecule has 2 fully saturated rings. The second kappa shape index (κ2) is 16.6. The molecular formula is C25H39O9PS. The maximum Gasteiger partial charge on any atom is 0.466 e. The molecule has 3 rings (SSSR count). The van der Waals surface area contributed by atoms with E-state index in [9.17, 15) is 14.7 Å². The molecule has 0 unspecified atom stereocenters. The number of hydrogen-bond donors (Lipinski definition) is 4. The van der Waals surface area contributed by atoms with Gasteiger partial charge in [0.2, 0.25) is 0 Å². The number of ketones is 1. The van der Waals surface area contributed by atoms with Crippen molar-refractivity contribution in [1.82, 2.24) is 0 Å². The Bertz CT molecular complexity index is 820. The van der Waals surface area contributed by atoms with Gasteiger partial charge in [0.15, 0.2) is 0 Å². The Balaban J connectivity index is 0.000000830. The molecule has 4 N–H and O–H groups in total. The van der Waals surface area contributed by atoms with E-state index in [0.717, 1.165) is 62.7 Å². The summed E-state index contributed by atoms with van der Waals surface area (Å²) in [5.41, 5.74) is 0. The minimum atomic E-state index is -4.64. The van der Waals surface area contributed by atoms with Crippen molar-refractivity contribution in [3.8, 4) is 0 Å². The molecule has 0 aliphatic heterocycles. The lowest BCUT2D eigenvalue weighted by molar-refractivity contribution is -0.145. The van der Waals surface area contributed by atoms with E-state index in [1.807, 2.05) is 30.3 Å². The molecule has 36 heavy (non-hydrogen) atoms. The monoisotopic (exact) mass is 546 g/mol. The molecule has 0 spiro atoms. The van der Waals surface area contributed by atoms with Crippen molar-refractivity contribution in [1.29, 1.82) is 0 Å². The molecule has 1 aromatic rings. The first-order chi connectivity index (χ1) is 17.1. The molecule has 11 heteroatoms. The standard InChI is InChI=1S/C25H36O5S.H3O4P/c26-20(18-29-31-22-8-4-3-5-9-22)14-12-19-13-17-24(27)23(19)10-6-1-2-7-11-25(28)30-21-15-16-21;1-5(2,3)4/h3-5,8-9,19-21,23,26H,1-2,6-7,10-18H2;(H3,1,2,3,4)/t19-,20+,23+;/m0./s1. The first-order valence-electron chi connectivity index (χ1n) is 12.6. The Morgan fingerprint density at radius 3 is 2.36 bits per heavy atom. The van der Waals surface area contributed by atoms with Gasteiger partial charge in [-0.05, 0) is 63.0 Å². The van der Waals surface area contributed by atoms with Crippen molar-refractivity contribution in [2.75, 3.05) is 6.61 Å². The van der Waals surface area contributed by atoms with Gasteiger partial charge >= 0.3 is 13.8 Å². The molecule has 204 valence electrons. The van der Waals surface area contributed by atoms with Crippen molar-refractivity contribution >= 4 is 31.6 Å². The van der Waals surface area contributed by atoms with Crippen LogP contribution in [-0.2, 0) is 23.1 Å². The van der Waals surface area contributed by atoms with Crippen molar-refractivity contribution in [3.05, 3.63) is 30.3 Å². The summed E-state index contributed by atoms with van der Waals surface area (Å²) in [7, 11) is -4.64. The third-order valence-corrected chi connectivity index (χ3v) is 6.96. The zero-order chi connectivity index (χ0) is 26.4. The van der Waals surface area contributed by atoms with Gasteiger partial charge in [-0.2, -0.15) is 0 Å². The fourth-order valence-electron chi connectivity index (χ4n) is 4.28. The van der Waals surface area contributed by atoms with Crippen LogP contribution in [0.1, 0.15) is 77.0 Å². The number of benzene rings is 1. The Labute approximate surface area is 217 Å². The lowest BCUT2D eigenvalue weighted by Crippen LogP contribution is -2.19. The van der Waals surface area contributed by atoms with Crippen LogP contribution >= 0.6 is 19.9 Å². The summed E-state index contributed by atoms with van der Waals surface area (Å²) in [4.78, 5) is 46.5. The summed E-state index contributed by atoms with van der Waals surface area (Å²) in [6.45, 7) is 0.300. The van der Waals surface area contributed by atoms with Crippen molar-refractivity contribution in [2.45, 2.75) is 94.2 Å². The SMILES string of the molecule is O=C(CCCCCC[C@H]1C(=O)CC[C@@H]1CC[C@@H](O)COSc1ccccc1)OC1CC1.O=P(O)(O)O. The van der Waals surface area contributed by atoms with Crippen molar-refractivity contribution in [3.63, 3.8) is 0 Å². The van der Waals surface area contributed by atoms with Crippen LogP contribution in [0, 0.1) is 11.8 Å². The van der Waals surface area contributed by atoms with Gasteiger partial charge < -0.3 is 28.7 Å². The predicted octanol–water partition coefficient (Wildman–Crippen LogP) is 4.56. The molecular weight excluding hydrogens is 507 g/mol. The molecule has 0 radical (unpaired) electrons. The predicted molar refractivity (Wildman–Crippen MR) is 136 cm³/mol.